The molecule has 4 heteroatoms. The van der Waals surface area contributed by atoms with E-state index in [4.69, 9.17) is 6.42 Å². The fraction of sp³-hybridized carbons (Fsp3) is 0.375. The third-order valence-corrected chi connectivity index (χ3v) is 3.49. The lowest BCUT2D eigenvalue weighted by atomic mass is 10.0. The number of nitrogens with zero attached hydrogens (tertiary/aromatic N) is 1. The van der Waals surface area contributed by atoms with Crippen molar-refractivity contribution in [3.8, 4) is 12.3 Å². The first-order valence-corrected chi connectivity index (χ1v) is 6.71. The van der Waals surface area contributed by atoms with Gasteiger partial charge in [-0.25, -0.2) is 0 Å². The van der Waals surface area contributed by atoms with Gasteiger partial charge in [0.15, 0.2) is 0 Å². The Bertz CT molecular complexity index is 533. The zero-order valence-corrected chi connectivity index (χ0v) is 11.5. The first-order valence-electron chi connectivity index (χ1n) is 6.71. The third-order valence-electron chi connectivity index (χ3n) is 3.49. The van der Waals surface area contributed by atoms with Crippen LogP contribution in [0.15, 0.2) is 30.3 Å². The fourth-order valence-corrected chi connectivity index (χ4v) is 2.32. The molecule has 2 rings (SSSR count). The van der Waals surface area contributed by atoms with Gasteiger partial charge < -0.3 is 10.2 Å². The summed E-state index contributed by atoms with van der Waals surface area (Å²) < 4.78 is 0. The molecule has 2 atom stereocenters. The van der Waals surface area contributed by atoms with Gasteiger partial charge in [0.2, 0.25) is 11.8 Å². The highest BCUT2D eigenvalue weighted by Crippen LogP contribution is 2.12. The van der Waals surface area contributed by atoms with Gasteiger partial charge in [-0.2, -0.15) is 0 Å². The van der Waals surface area contributed by atoms with Crippen molar-refractivity contribution in [1.82, 2.24) is 10.2 Å². The van der Waals surface area contributed by atoms with Gasteiger partial charge in [-0.1, -0.05) is 36.3 Å². The highest BCUT2D eigenvalue weighted by Gasteiger charge is 2.31. The summed E-state index contributed by atoms with van der Waals surface area (Å²) in [6.45, 7) is 2.18. The molecule has 1 N–H and O–H groups in total. The SMILES string of the molecule is C#CC(C)N1CCC(=O)NC(Cc2ccccc2)C1=O. The van der Waals surface area contributed by atoms with E-state index in [2.05, 4.69) is 11.2 Å². The van der Waals surface area contributed by atoms with Crippen molar-refractivity contribution in [1.29, 1.82) is 0 Å². The number of nitrogens with one attached hydrogen (secondary N) is 1. The molecule has 20 heavy (non-hydrogen) atoms. The Morgan fingerprint density at radius 3 is 2.75 bits per heavy atom. The van der Waals surface area contributed by atoms with Crippen LogP contribution in [0, 0.1) is 12.3 Å². The smallest absolute Gasteiger partial charge is 0.246 e. The topological polar surface area (TPSA) is 49.4 Å². The Morgan fingerprint density at radius 2 is 2.10 bits per heavy atom. The average Bonchev–Trinajstić information content (AvgIpc) is 2.59. The van der Waals surface area contributed by atoms with E-state index < -0.39 is 6.04 Å². The van der Waals surface area contributed by atoms with Gasteiger partial charge in [-0.05, 0) is 12.5 Å². The highest BCUT2D eigenvalue weighted by atomic mass is 16.2. The lowest BCUT2D eigenvalue weighted by Crippen LogP contribution is -2.48. The molecular weight excluding hydrogens is 252 g/mol. The van der Waals surface area contributed by atoms with Crippen molar-refractivity contribution in [2.24, 2.45) is 0 Å². The Hall–Kier alpha value is -2.28. The summed E-state index contributed by atoms with van der Waals surface area (Å²) in [6.07, 6.45) is 6.18. The first kappa shape index (κ1) is 14.1. The second kappa shape index (κ2) is 6.25. The van der Waals surface area contributed by atoms with Gasteiger partial charge in [-0.3, -0.25) is 9.59 Å². The van der Waals surface area contributed by atoms with Crippen molar-refractivity contribution >= 4 is 11.8 Å². The Balaban J connectivity index is 2.19. The molecule has 1 aromatic carbocycles. The van der Waals surface area contributed by atoms with Crippen LogP contribution in [0.5, 0.6) is 0 Å². The van der Waals surface area contributed by atoms with Crippen LogP contribution in [-0.4, -0.2) is 35.3 Å². The molecule has 0 spiro atoms. The van der Waals surface area contributed by atoms with E-state index in [9.17, 15) is 9.59 Å². The molecule has 0 aromatic heterocycles. The molecule has 0 aliphatic carbocycles. The van der Waals surface area contributed by atoms with Gasteiger partial charge in [0.05, 0.1) is 6.04 Å². The molecule has 4 nitrogen and oxygen atoms in total. The van der Waals surface area contributed by atoms with Crippen molar-refractivity contribution < 1.29 is 9.59 Å². The van der Waals surface area contributed by atoms with Gasteiger partial charge >= 0.3 is 0 Å². The lowest BCUT2D eigenvalue weighted by molar-refractivity contribution is -0.134. The largest absolute Gasteiger partial charge is 0.344 e. The van der Waals surface area contributed by atoms with Gasteiger partial charge in [0.1, 0.15) is 6.04 Å². The Morgan fingerprint density at radius 1 is 1.40 bits per heavy atom. The van der Waals surface area contributed by atoms with E-state index in [1.54, 1.807) is 11.8 Å². The molecule has 2 unspecified atom stereocenters. The van der Waals surface area contributed by atoms with Crippen LogP contribution < -0.4 is 5.32 Å². The minimum Gasteiger partial charge on any atom is -0.344 e. The monoisotopic (exact) mass is 270 g/mol. The van der Waals surface area contributed by atoms with Crippen LogP contribution in [0.3, 0.4) is 0 Å². The lowest BCUT2D eigenvalue weighted by Gasteiger charge is -2.26. The van der Waals surface area contributed by atoms with Crippen molar-refractivity contribution in [3.05, 3.63) is 35.9 Å². The van der Waals surface area contributed by atoms with E-state index in [1.807, 2.05) is 30.3 Å². The number of carbonyl (C=O) groups excluding carboxylic acids is 2. The highest BCUT2D eigenvalue weighted by molar-refractivity contribution is 5.90. The van der Waals surface area contributed by atoms with E-state index in [-0.39, 0.29) is 17.9 Å². The molecule has 1 saturated heterocycles. The number of terminal acetylenes is 1. The predicted octanol–water partition coefficient (Wildman–Crippen LogP) is 0.968. The zero-order chi connectivity index (χ0) is 14.5. The van der Waals surface area contributed by atoms with Crippen LogP contribution >= 0.6 is 0 Å². The molecule has 1 fully saturated rings. The number of hydrogen-bond acceptors (Lipinski definition) is 2. The summed E-state index contributed by atoms with van der Waals surface area (Å²) in [5.74, 6) is 2.35. The number of carbonyl (C=O) groups is 2. The summed E-state index contributed by atoms with van der Waals surface area (Å²) in [6, 6.07) is 8.81. The molecule has 1 aromatic rings. The van der Waals surface area contributed by atoms with Crippen molar-refractivity contribution in [2.75, 3.05) is 6.54 Å². The number of benzene rings is 1. The predicted molar refractivity (Wildman–Crippen MR) is 76.7 cm³/mol. The minimum atomic E-state index is -0.539. The van der Waals surface area contributed by atoms with Crippen molar-refractivity contribution in [2.45, 2.75) is 31.8 Å². The second-order valence-corrected chi connectivity index (χ2v) is 4.93. The first-order chi connectivity index (χ1) is 9.61. The summed E-state index contributed by atoms with van der Waals surface area (Å²) in [4.78, 5) is 25.9. The van der Waals surface area contributed by atoms with Crippen LogP contribution in [0.2, 0.25) is 0 Å². The molecule has 2 amide bonds. The molecule has 0 saturated carbocycles. The van der Waals surface area contributed by atoms with Crippen LogP contribution in [0.1, 0.15) is 18.9 Å². The standard InChI is InChI=1S/C16H18N2O2/c1-3-12(2)18-10-9-15(19)17-14(16(18)20)11-13-7-5-4-6-8-13/h1,4-8,12,14H,9-11H2,2H3,(H,17,19). The molecule has 1 heterocycles. The molecule has 104 valence electrons. The molecule has 0 radical (unpaired) electrons. The van der Waals surface area contributed by atoms with E-state index in [0.29, 0.717) is 19.4 Å². The normalized spacial score (nSPS) is 20.8. The number of amides is 2. The maximum absolute atomic E-state index is 12.5. The average molecular weight is 270 g/mol. The van der Waals surface area contributed by atoms with Gasteiger partial charge in [0.25, 0.3) is 0 Å². The second-order valence-electron chi connectivity index (χ2n) is 4.93. The van der Waals surface area contributed by atoms with Gasteiger partial charge in [-0.15, -0.1) is 6.42 Å². The summed E-state index contributed by atoms with van der Waals surface area (Å²) in [5.41, 5.74) is 1.02. The number of hydrogen-bond donors (Lipinski definition) is 1. The zero-order valence-electron chi connectivity index (χ0n) is 11.5. The van der Waals surface area contributed by atoms with Crippen LogP contribution in [0.4, 0.5) is 0 Å². The fourth-order valence-electron chi connectivity index (χ4n) is 2.32. The van der Waals surface area contributed by atoms with Gasteiger partial charge in [0, 0.05) is 19.4 Å². The minimum absolute atomic E-state index is 0.106. The molecule has 1 aliphatic rings. The molecular formula is C16H18N2O2. The quantitative estimate of drug-likeness (QED) is 0.832. The van der Waals surface area contributed by atoms with Crippen molar-refractivity contribution in [3.63, 3.8) is 0 Å². The van der Waals surface area contributed by atoms with E-state index in [1.165, 1.54) is 0 Å². The Labute approximate surface area is 119 Å². The summed E-state index contributed by atoms with van der Waals surface area (Å²) >= 11 is 0. The molecule has 0 bridgehead atoms. The summed E-state index contributed by atoms with van der Waals surface area (Å²) in [5, 5.41) is 2.79. The van der Waals surface area contributed by atoms with Crippen LogP contribution in [-0.2, 0) is 16.0 Å². The summed E-state index contributed by atoms with van der Waals surface area (Å²) in [7, 11) is 0. The number of rotatable bonds is 3. The maximum Gasteiger partial charge on any atom is 0.246 e. The Kier molecular flexibility index (Phi) is 4.41. The molecule has 1 aliphatic heterocycles. The van der Waals surface area contributed by atoms with E-state index in [0.717, 1.165) is 5.56 Å². The van der Waals surface area contributed by atoms with Crippen LogP contribution in [0.25, 0.3) is 0 Å². The third kappa shape index (κ3) is 3.18. The maximum atomic E-state index is 12.5. The van der Waals surface area contributed by atoms with E-state index >= 15 is 0 Å².